The normalized spacial score (nSPS) is 11.0. The predicted molar refractivity (Wildman–Crippen MR) is 80.6 cm³/mol. The molecule has 3 aromatic rings. The number of methoxy groups -OCH3 is 1. The molecule has 0 spiro atoms. The zero-order valence-corrected chi connectivity index (χ0v) is 12.5. The van der Waals surface area contributed by atoms with Crippen molar-refractivity contribution in [3.8, 4) is 16.9 Å². The van der Waals surface area contributed by atoms with Crippen LogP contribution in [0.1, 0.15) is 9.67 Å². The summed E-state index contributed by atoms with van der Waals surface area (Å²) in [5.74, 6) is -4.53. The van der Waals surface area contributed by atoms with Crippen LogP contribution in [0.5, 0.6) is 5.75 Å². The number of rotatable bonds is 3. The van der Waals surface area contributed by atoms with Crippen LogP contribution in [0.4, 0.5) is 13.2 Å². The molecule has 0 radical (unpaired) electrons. The molecule has 7 heteroatoms. The summed E-state index contributed by atoms with van der Waals surface area (Å²) in [7, 11) is 1.20. The van der Waals surface area contributed by atoms with E-state index in [2.05, 4.69) is 0 Å². The number of carboxylic acids is 1. The Hall–Kier alpha value is -2.54. The molecule has 1 heterocycles. The van der Waals surface area contributed by atoms with Gasteiger partial charge in [-0.2, -0.15) is 4.39 Å². The SMILES string of the molecule is COc1ccc(-c2c(C(=O)O)sc3cc(F)ccc23)c(F)c1F. The van der Waals surface area contributed by atoms with Crippen molar-refractivity contribution < 1.29 is 27.8 Å². The van der Waals surface area contributed by atoms with E-state index in [9.17, 15) is 23.1 Å². The number of thiophene rings is 1. The molecule has 0 bridgehead atoms. The molecule has 118 valence electrons. The second-order valence-electron chi connectivity index (χ2n) is 4.70. The lowest BCUT2D eigenvalue weighted by Gasteiger charge is -2.08. The molecule has 2 aromatic carbocycles. The number of fused-ring (bicyclic) bond motifs is 1. The fourth-order valence-corrected chi connectivity index (χ4v) is 3.45. The average Bonchev–Trinajstić information content (AvgIpc) is 2.88. The van der Waals surface area contributed by atoms with Crippen LogP contribution in [0, 0.1) is 17.5 Å². The molecule has 3 nitrogen and oxygen atoms in total. The summed E-state index contributed by atoms with van der Waals surface area (Å²) in [6.07, 6.45) is 0. The van der Waals surface area contributed by atoms with Crippen molar-refractivity contribution in [1.29, 1.82) is 0 Å². The maximum Gasteiger partial charge on any atom is 0.346 e. The first kappa shape index (κ1) is 15.4. The summed E-state index contributed by atoms with van der Waals surface area (Å²) < 4.78 is 46.7. The van der Waals surface area contributed by atoms with Gasteiger partial charge in [-0.25, -0.2) is 13.6 Å². The van der Waals surface area contributed by atoms with Crippen molar-refractivity contribution in [3.05, 3.63) is 52.7 Å². The molecule has 0 aliphatic carbocycles. The number of aromatic carboxylic acids is 1. The largest absolute Gasteiger partial charge is 0.494 e. The molecule has 1 aromatic heterocycles. The zero-order valence-electron chi connectivity index (χ0n) is 11.7. The average molecular weight is 338 g/mol. The maximum atomic E-state index is 14.3. The number of benzene rings is 2. The van der Waals surface area contributed by atoms with E-state index in [1.807, 2.05) is 0 Å². The van der Waals surface area contributed by atoms with Crippen molar-refractivity contribution in [1.82, 2.24) is 0 Å². The van der Waals surface area contributed by atoms with Gasteiger partial charge in [-0.05, 0) is 30.3 Å². The molecule has 0 atom stereocenters. The summed E-state index contributed by atoms with van der Waals surface area (Å²) >= 11 is 0.806. The van der Waals surface area contributed by atoms with Crippen molar-refractivity contribution in [2.24, 2.45) is 0 Å². The Bertz CT molecular complexity index is 934. The van der Waals surface area contributed by atoms with E-state index >= 15 is 0 Å². The van der Waals surface area contributed by atoms with E-state index in [1.165, 1.54) is 25.3 Å². The van der Waals surface area contributed by atoms with Gasteiger partial charge in [0.1, 0.15) is 10.7 Å². The molecule has 0 saturated carbocycles. The highest BCUT2D eigenvalue weighted by molar-refractivity contribution is 7.21. The lowest BCUT2D eigenvalue weighted by molar-refractivity contribution is 0.0703. The van der Waals surface area contributed by atoms with Crippen molar-refractivity contribution >= 4 is 27.4 Å². The van der Waals surface area contributed by atoms with Gasteiger partial charge in [-0.1, -0.05) is 0 Å². The number of ether oxygens (including phenoxy) is 1. The first-order chi connectivity index (χ1) is 10.9. The monoisotopic (exact) mass is 338 g/mol. The highest BCUT2D eigenvalue weighted by atomic mass is 32.1. The Morgan fingerprint density at radius 3 is 2.52 bits per heavy atom. The number of carbonyl (C=O) groups is 1. The maximum absolute atomic E-state index is 14.3. The first-order valence-electron chi connectivity index (χ1n) is 6.41. The summed E-state index contributed by atoms with van der Waals surface area (Å²) in [5.41, 5.74) is -0.185. The second kappa shape index (κ2) is 5.58. The highest BCUT2D eigenvalue weighted by Gasteiger charge is 2.24. The van der Waals surface area contributed by atoms with Gasteiger partial charge in [0.2, 0.25) is 5.82 Å². The lowest BCUT2D eigenvalue weighted by atomic mass is 10.0. The van der Waals surface area contributed by atoms with E-state index < -0.39 is 23.4 Å². The van der Waals surface area contributed by atoms with Crippen LogP contribution in [-0.4, -0.2) is 18.2 Å². The number of hydrogen-bond donors (Lipinski definition) is 1. The summed E-state index contributed by atoms with van der Waals surface area (Å²) in [5, 5.41) is 9.68. The van der Waals surface area contributed by atoms with Crippen LogP contribution in [0.3, 0.4) is 0 Å². The van der Waals surface area contributed by atoms with Crippen LogP contribution >= 0.6 is 11.3 Å². The Labute approximate surface area is 132 Å². The van der Waals surface area contributed by atoms with Gasteiger partial charge in [0.25, 0.3) is 0 Å². The van der Waals surface area contributed by atoms with Crippen LogP contribution < -0.4 is 4.74 Å². The molecule has 0 aliphatic heterocycles. The van der Waals surface area contributed by atoms with Gasteiger partial charge in [0.15, 0.2) is 11.6 Å². The molecule has 0 fully saturated rings. The van der Waals surface area contributed by atoms with Gasteiger partial charge in [0.05, 0.1) is 7.11 Å². The van der Waals surface area contributed by atoms with Crippen molar-refractivity contribution in [2.45, 2.75) is 0 Å². The quantitative estimate of drug-likeness (QED) is 0.753. The number of halogens is 3. The van der Waals surface area contributed by atoms with Crippen LogP contribution in [0.25, 0.3) is 21.2 Å². The molecular weight excluding hydrogens is 329 g/mol. The van der Waals surface area contributed by atoms with Gasteiger partial charge >= 0.3 is 5.97 Å². The standard InChI is InChI=1S/C16H9F3O3S/c1-22-10-5-4-9(13(18)14(10)19)12-8-3-2-7(17)6-11(8)23-15(12)16(20)21/h2-6H,1H3,(H,20,21). The predicted octanol–water partition coefficient (Wildman–Crippen LogP) is 4.69. The van der Waals surface area contributed by atoms with Gasteiger partial charge in [-0.15, -0.1) is 11.3 Å². The van der Waals surface area contributed by atoms with Crippen LogP contribution in [0.2, 0.25) is 0 Å². The first-order valence-corrected chi connectivity index (χ1v) is 7.23. The van der Waals surface area contributed by atoms with E-state index in [4.69, 9.17) is 4.74 Å². The Balaban J connectivity index is 2.37. The summed E-state index contributed by atoms with van der Waals surface area (Å²) in [6.45, 7) is 0. The minimum absolute atomic E-state index is 0.0246. The lowest BCUT2D eigenvalue weighted by Crippen LogP contribution is -1.99. The van der Waals surface area contributed by atoms with Crippen LogP contribution in [0.15, 0.2) is 30.3 Å². The third kappa shape index (κ3) is 2.43. The third-order valence-corrected chi connectivity index (χ3v) is 4.52. The zero-order chi connectivity index (χ0) is 16.7. The van der Waals surface area contributed by atoms with Gasteiger partial charge in [0, 0.05) is 21.2 Å². The summed E-state index contributed by atoms with van der Waals surface area (Å²) in [4.78, 5) is 11.3. The molecule has 0 amide bonds. The smallest absolute Gasteiger partial charge is 0.346 e. The van der Waals surface area contributed by atoms with Gasteiger partial charge in [-0.3, -0.25) is 0 Å². The molecule has 3 rings (SSSR count). The fourth-order valence-electron chi connectivity index (χ4n) is 2.37. The van der Waals surface area contributed by atoms with Crippen LogP contribution in [-0.2, 0) is 0 Å². The van der Waals surface area contributed by atoms with E-state index in [-0.39, 0.29) is 21.8 Å². The number of hydrogen-bond acceptors (Lipinski definition) is 3. The molecule has 0 aliphatic rings. The van der Waals surface area contributed by atoms with Crippen molar-refractivity contribution in [2.75, 3.05) is 7.11 Å². The minimum atomic E-state index is -1.29. The minimum Gasteiger partial charge on any atom is -0.494 e. The Morgan fingerprint density at radius 2 is 1.87 bits per heavy atom. The Kier molecular flexibility index (Phi) is 3.73. The Morgan fingerprint density at radius 1 is 1.13 bits per heavy atom. The highest BCUT2D eigenvalue weighted by Crippen LogP contribution is 2.41. The topological polar surface area (TPSA) is 46.5 Å². The van der Waals surface area contributed by atoms with Crippen molar-refractivity contribution in [3.63, 3.8) is 0 Å². The summed E-state index contributed by atoms with van der Waals surface area (Å²) in [6, 6.07) is 6.11. The van der Waals surface area contributed by atoms with E-state index in [1.54, 1.807) is 0 Å². The fraction of sp³-hybridized carbons (Fsp3) is 0.0625. The number of carboxylic acid groups (broad SMARTS) is 1. The molecule has 23 heavy (non-hydrogen) atoms. The molecular formula is C16H9F3O3S. The third-order valence-electron chi connectivity index (χ3n) is 3.38. The van der Waals surface area contributed by atoms with Gasteiger partial charge < -0.3 is 9.84 Å². The second-order valence-corrected chi connectivity index (χ2v) is 5.75. The molecule has 0 unspecified atom stereocenters. The molecule has 1 N–H and O–H groups in total. The molecule has 0 saturated heterocycles. The van der Waals surface area contributed by atoms with E-state index in [0.717, 1.165) is 23.5 Å². The van der Waals surface area contributed by atoms with E-state index in [0.29, 0.717) is 10.1 Å².